The maximum absolute atomic E-state index is 13.1. The highest BCUT2D eigenvalue weighted by Crippen LogP contribution is 2.25. The minimum Gasteiger partial charge on any atom is -0.334 e. The van der Waals surface area contributed by atoms with Crippen molar-refractivity contribution in [1.29, 1.82) is 0 Å². The van der Waals surface area contributed by atoms with E-state index in [0.717, 1.165) is 0 Å². The van der Waals surface area contributed by atoms with Gasteiger partial charge >= 0.3 is 0 Å². The summed E-state index contributed by atoms with van der Waals surface area (Å²) in [6.45, 7) is 9.75. The third-order valence-corrected chi connectivity index (χ3v) is 4.24. The summed E-state index contributed by atoms with van der Waals surface area (Å²) in [6, 6.07) is 6.12. The molecule has 0 bridgehead atoms. The molecule has 0 saturated carbocycles. The van der Waals surface area contributed by atoms with Crippen LogP contribution in [-0.4, -0.2) is 32.7 Å². The van der Waals surface area contributed by atoms with Crippen LogP contribution in [0.1, 0.15) is 39.0 Å². The molecule has 134 valence electrons. The van der Waals surface area contributed by atoms with E-state index in [1.54, 1.807) is 23.1 Å². The van der Waals surface area contributed by atoms with E-state index in [1.807, 2.05) is 34.6 Å². The molecule has 6 heteroatoms. The summed E-state index contributed by atoms with van der Waals surface area (Å²) in [6.07, 6.45) is 3.20. The van der Waals surface area contributed by atoms with Crippen molar-refractivity contribution in [2.45, 2.75) is 46.7 Å². The molecule has 0 spiro atoms. The van der Waals surface area contributed by atoms with Gasteiger partial charge in [0.15, 0.2) is 0 Å². The third kappa shape index (κ3) is 4.28. The predicted octanol–water partition coefficient (Wildman–Crippen LogP) is 4.63. The Balaban J connectivity index is 2.32. The van der Waals surface area contributed by atoms with E-state index in [0.29, 0.717) is 22.1 Å². The predicted molar refractivity (Wildman–Crippen MR) is 99.4 cm³/mol. The van der Waals surface area contributed by atoms with E-state index < -0.39 is 0 Å². The number of hydrogen-bond donors (Lipinski definition) is 0. The quantitative estimate of drug-likeness (QED) is 0.726. The second kappa shape index (κ2) is 7.83. The second-order valence-electron chi connectivity index (χ2n) is 6.44. The molecule has 4 nitrogen and oxygen atoms in total. The summed E-state index contributed by atoms with van der Waals surface area (Å²) in [5.74, 6) is -0.396. The number of carbonyl (C=O) groups is 1. The normalized spacial score (nSPS) is 11.7. The van der Waals surface area contributed by atoms with Crippen LogP contribution in [0.3, 0.4) is 0 Å². The molecule has 0 fully saturated rings. The lowest BCUT2D eigenvalue weighted by molar-refractivity contribution is -0.129. The zero-order valence-electron chi connectivity index (χ0n) is 15.1. The zero-order valence-corrected chi connectivity index (χ0v) is 15.9. The lowest BCUT2D eigenvalue weighted by Crippen LogP contribution is -2.41. The van der Waals surface area contributed by atoms with Gasteiger partial charge in [0.2, 0.25) is 5.91 Å². The summed E-state index contributed by atoms with van der Waals surface area (Å²) >= 11 is 6.42. The van der Waals surface area contributed by atoms with E-state index in [4.69, 9.17) is 11.6 Å². The molecule has 2 rings (SSSR count). The highest BCUT2D eigenvalue weighted by Gasteiger charge is 2.18. The molecule has 2 aromatic rings. The fraction of sp³-hybridized carbons (Fsp3) is 0.368. The molecule has 0 aliphatic heterocycles. The van der Waals surface area contributed by atoms with E-state index in [9.17, 15) is 9.18 Å². The molecule has 1 aromatic heterocycles. The Kier molecular flexibility index (Phi) is 6.01. The summed E-state index contributed by atoms with van der Waals surface area (Å²) in [7, 11) is 0. The van der Waals surface area contributed by atoms with Gasteiger partial charge < -0.3 is 4.90 Å². The van der Waals surface area contributed by atoms with Crippen molar-refractivity contribution >= 4 is 23.6 Å². The second-order valence-corrected chi connectivity index (χ2v) is 6.80. The highest BCUT2D eigenvalue weighted by molar-refractivity contribution is 6.31. The average molecular weight is 364 g/mol. The van der Waals surface area contributed by atoms with Crippen molar-refractivity contribution in [3.05, 3.63) is 52.6 Å². The Morgan fingerprint density at radius 3 is 2.28 bits per heavy atom. The van der Waals surface area contributed by atoms with Crippen molar-refractivity contribution < 1.29 is 9.18 Å². The Bertz CT molecular complexity index is 771. The largest absolute Gasteiger partial charge is 0.334 e. The number of amides is 1. The minimum absolute atomic E-state index is 0.0741. The number of carbonyl (C=O) groups excluding carboxylic acids is 1. The Labute approximate surface area is 152 Å². The van der Waals surface area contributed by atoms with Gasteiger partial charge in [-0.1, -0.05) is 11.6 Å². The van der Waals surface area contributed by atoms with Crippen molar-refractivity contribution in [2.24, 2.45) is 0 Å². The maximum Gasteiger partial charge on any atom is 0.247 e. The van der Waals surface area contributed by atoms with Gasteiger partial charge in [0.25, 0.3) is 0 Å². The number of nitrogens with zero attached hydrogens (tertiary/aromatic N) is 3. The first kappa shape index (κ1) is 19.2. The number of aryl methyl sites for hydroxylation is 1. The molecule has 25 heavy (non-hydrogen) atoms. The fourth-order valence-corrected chi connectivity index (χ4v) is 3.13. The van der Waals surface area contributed by atoms with Gasteiger partial charge in [-0.3, -0.25) is 4.79 Å². The van der Waals surface area contributed by atoms with Gasteiger partial charge in [-0.2, -0.15) is 5.10 Å². The first-order chi connectivity index (χ1) is 11.7. The van der Waals surface area contributed by atoms with Gasteiger partial charge in [0.05, 0.1) is 11.4 Å². The molecule has 0 N–H and O–H groups in total. The molecule has 1 heterocycles. The highest BCUT2D eigenvalue weighted by atomic mass is 35.5. The first-order valence-electron chi connectivity index (χ1n) is 8.23. The molecule has 0 radical (unpaired) electrons. The van der Waals surface area contributed by atoms with Gasteiger partial charge in [0.1, 0.15) is 11.0 Å². The maximum atomic E-state index is 13.1. The smallest absolute Gasteiger partial charge is 0.247 e. The number of aromatic nitrogens is 2. The molecular formula is C19H23ClFN3O. The van der Waals surface area contributed by atoms with E-state index >= 15 is 0 Å². The van der Waals surface area contributed by atoms with Crippen LogP contribution in [0.15, 0.2) is 30.3 Å². The lowest BCUT2D eigenvalue weighted by Gasteiger charge is -2.29. The van der Waals surface area contributed by atoms with Crippen LogP contribution in [-0.2, 0) is 4.79 Å². The van der Waals surface area contributed by atoms with Gasteiger partial charge in [-0.25, -0.2) is 9.07 Å². The summed E-state index contributed by atoms with van der Waals surface area (Å²) in [5, 5.41) is 4.77. The summed E-state index contributed by atoms with van der Waals surface area (Å²) < 4.78 is 14.6. The van der Waals surface area contributed by atoms with Crippen LogP contribution in [0.25, 0.3) is 11.8 Å². The molecule has 1 aromatic carbocycles. The minimum atomic E-state index is -0.322. The van der Waals surface area contributed by atoms with Crippen LogP contribution >= 0.6 is 11.6 Å². The third-order valence-electron chi connectivity index (χ3n) is 3.88. The Morgan fingerprint density at radius 1 is 1.20 bits per heavy atom. The average Bonchev–Trinajstić information content (AvgIpc) is 2.80. The van der Waals surface area contributed by atoms with E-state index in [2.05, 4.69) is 5.10 Å². The van der Waals surface area contributed by atoms with Gasteiger partial charge in [-0.05, 0) is 65.0 Å². The summed E-state index contributed by atoms with van der Waals surface area (Å²) in [5.41, 5.74) is 2.03. The molecule has 0 saturated heterocycles. The Hall–Kier alpha value is -2.14. The van der Waals surface area contributed by atoms with Crippen molar-refractivity contribution in [3.8, 4) is 5.69 Å². The number of halogens is 2. The van der Waals surface area contributed by atoms with Gasteiger partial charge in [-0.15, -0.1) is 0 Å². The molecule has 0 unspecified atom stereocenters. The summed E-state index contributed by atoms with van der Waals surface area (Å²) in [4.78, 5) is 14.3. The Morgan fingerprint density at radius 2 is 1.76 bits per heavy atom. The molecule has 0 atom stereocenters. The van der Waals surface area contributed by atoms with Crippen LogP contribution in [0.5, 0.6) is 0 Å². The molecular weight excluding hydrogens is 341 g/mol. The SMILES string of the molecule is Cc1nn(-c2ccc(F)cc2)c(Cl)c1/C=C/C(=O)N(C(C)C)C(C)C. The first-order valence-corrected chi connectivity index (χ1v) is 8.61. The number of rotatable bonds is 5. The lowest BCUT2D eigenvalue weighted by atomic mass is 10.2. The van der Waals surface area contributed by atoms with E-state index in [-0.39, 0.29) is 23.8 Å². The monoisotopic (exact) mass is 363 g/mol. The molecule has 1 amide bonds. The molecule has 0 aliphatic carbocycles. The van der Waals surface area contributed by atoms with Crippen molar-refractivity contribution in [1.82, 2.24) is 14.7 Å². The van der Waals surface area contributed by atoms with E-state index in [1.165, 1.54) is 22.9 Å². The molecule has 0 aliphatic rings. The standard InChI is InChI=1S/C19H23ClFN3O/c1-12(2)23(13(3)4)18(25)11-10-17-14(5)22-24(19(17)20)16-8-6-15(21)7-9-16/h6-13H,1-5H3/b11-10+. The van der Waals surface area contributed by atoms with Crippen LogP contribution in [0, 0.1) is 12.7 Å². The fourth-order valence-electron chi connectivity index (χ4n) is 2.80. The van der Waals surface area contributed by atoms with Crippen molar-refractivity contribution in [3.63, 3.8) is 0 Å². The number of benzene rings is 1. The van der Waals surface area contributed by atoms with Crippen LogP contribution in [0.4, 0.5) is 4.39 Å². The zero-order chi connectivity index (χ0) is 18.7. The van der Waals surface area contributed by atoms with Crippen LogP contribution in [0.2, 0.25) is 5.15 Å². The van der Waals surface area contributed by atoms with Crippen molar-refractivity contribution in [2.75, 3.05) is 0 Å². The van der Waals surface area contributed by atoms with Crippen LogP contribution < -0.4 is 0 Å². The number of hydrogen-bond acceptors (Lipinski definition) is 2. The van der Waals surface area contributed by atoms with Gasteiger partial charge in [0, 0.05) is 23.7 Å². The topological polar surface area (TPSA) is 38.1 Å².